The molecule has 0 spiro atoms. The van der Waals surface area contributed by atoms with Gasteiger partial charge in [-0.1, -0.05) is 133 Å². The normalized spacial score (nSPS) is 12.0. The molecule has 1 atom stereocenters. The maximum Gasteiger partial charge on any atom is 0.241 e. The monoisotopic (exact) mass is 432 g/mol. The van der Waals surface area contributed by atoms with Gasteiger partial charge in [0.15, 0.2) is 0 Å². The number of hydrogen-bond donors (Lipinski definition) is 2. The third-order valence-electron chi connectivity index (χ3n) is 5.48. The topological polar surface area (TPSA) is 41.1 Å². The molecule has 0 aliphatic heterocycles. The third-order valence-corrected chi connectivity index (χ3v) is 5.48. The van der Waals surface area contributed by atoms with Crippen molar-refractivity contribution < 1.29 is 4.79 Å². The van der Waals surface area contributed by atoms with Crippen molar-refractivity contribution in [3.8, 4) is 0 Å². The van der Waals surface area contributed by atoms with Gasteiger partial charge in [0.1, 0.15) is 6.04 Å². The molecule has 1 amide bonds. The summed E-state index contributed by atoms with van der Waals surface area (Å²) in [5, 5.41) is 6.69. The van der Waals surface area contributed by atoms with E-state index in [4.69, 9.17) is 0 Å². The standard InChI is InChI=1S/C30H28N2O/c33-30(31-23-25-15-7-2-8-16-25)28(22-21-24-13-5-1-6-14-24)32-29(26-17-9-3-10-18-26)27-19-11-4-12-20-27/h1-22,28-29,32H,23H2,(H,31,33)/b22-21+. The highest BCUT2D eigenvalue weighted by Gasteiger charge is 2.22. The molecule has 2 N–H and O–H groups in total. The number of hydrogen-bond acceptors (Lipinski definition) is 2. The molecule has 0 aliphatic carbocycles. The van der Waals surface area contributed by atoms with Gasteiger partial charge in [0.2, 0.25) is 5.91 Å². The Hall–Kier alpha value is -3.95. The lowest BCUT2D eigenvalue weighted by atomic mass is 9.97. The molecule has 0 radical (unpaired) electrons. The van der Waals surface area contributed by atoms with E-state index in [-0.39, 0.29) is 11.9 Å². The molecule has 3 nitrogen and oxygen atoms in total. The molecular formula is C30H28N2O. The summed E-state index contributed by atoms with van der Waals surface area (Å²) in [5.41, 5.74) is 4.34. The Morgan fingerprint density at radius 1 is 0.667 bits per heavy atom. The van der Waals surface area contributed by atoms with E-state index in [0.29, 0.717) is 6.54 Å². The van der Waals surface area contributed by atoms with Crippen molar-refractivity contribution in [1.29, 1.82) is 0 Å². The highest BCUT2D eigenvalue weighted by molar-refractivity contribution is 5.85. The first-order chi connectivity index (χ1) is 16.3. The fourth-order valence-electron chi connectivity index (χ4n) is 3.74. The Labute approximate surface area is 195 Å². The molecule has 0 aromatic heterocycles. The predicted molar refractivity (Wildman–Crippen MR) is 135 cm³/mol. The molecule has 33 heavy (non-hydrogen) atoms. The summed E-state index contributed by atoms with van der Waals surface area (Å²) in [7, 11) is 0. The van der Waals surface area contributed by atoms with E-state index in [0.717, 1.165) is 22.3 Å². The smallest absolute Gasteiger partial charge is 0.241 e. The minimum atomic E-state index is -0.515. The Kier molecular flexibility index (Phi) is 7.83. The molecule has 0 aliphatic rings. The minimum absolute atomic E-state index is 0.0668. The molecule has 164 valence electrons. The van der Waals surface area contributed by atoms with Crippen LogP contribution >= 0.6 is 0 Å². The molecular weight excluding hydrogens is 404 g/mol. The zero-order valence-corrected chi connectivity index (χ0v) is 18.5. The number of carbonyl (C=O) groups excluding carboxylic acids is 1. The van der Waals surface area contributed by atoms with Crippen LogP contribution in [0.4, 0.5) is 0 Å². The van der Waals surface area contributed by atoms with Crippen LogP contribution in [0.1, 0.15) is 28.3 Å². The van der Waals surface area contributed by atoms with E-state index in [1.54, 1.807) is 0 Å². The van der Waals surface area contributed by atoms with Crippen molar-refractivity contribution >= 4 is 12.0 Å². The first-order valence-electron chi connectivity index (χ1n) is 11.2. The lowest BCUT2D eigenvalue weighted by Gasteiger charge is -2.25. The second-order valence-electron chi connectivity index (χ2n) is 7.87. The summed E-state index contributed by atoms with van der Waals surface area (Å²) in [6.07, 6.45) is 3.93. The molecule has 0 bridgehead atoms. The first kappa shape index (κ1) is 22.3. The van der Waals surface area contributed by atoms with Crippen LogP contribution in [-0.2, 0) is 11.3 Å². The van der Waals surface area contributed by atoms with Gasteiger partial charge in [0, 0.05) is 6.54 Å². The van der Waals surface area contributed by atoms with E-state index in [9.17, 15) is 4.79 Å². The number of nitrogens with one attached hydrogen (secondary N) is 2. The average molecular weight is 433 g/mol. The summed E-state index contributed by atoms with van der Waals surface area (Å²) in [6.45, 7) is 0.484. The number of carbonyl (C=O) groups is 1. The van der Waals surface area contributed by atoms with Crippen molar-refractivity contribution in [2.24, 2.45) is 0 Å². The zero-order chi connectivity index (χ0) is 22.7. The highest BCUT2D eigenvalue weighted by atomic mass is 16.2. The molecule has 4 rings (SSSR count). The zero-order valence-electron chi connectivity index (χ0n) is 18.5. The Bertz CT molecular complexity index is 1100. The molecule has 4 aromatic rings. The average Bonchev–Trinajstić information content (AvgIpc) is 2.89. The number of amides is 1. The number of benzene rings is 4. The maximum atomic E-state index is 13.3. The molecule has 1 unspecified atom stereocenters. The second-order valence-corrected chi connectivity index (χ2v) is 7.87. The second kappa shape index (κ2) is 11.6. The number of rotatable bonds is 9. The van der Waals surface area contributed by atoms with Crippen LogP contribution in [0.15, 0.2) is 127 Å². The summed E-state index contributed by atoms with van der Waals surface area (Å²) >= 11 is 0. The third kappa shape index (κ3) is 6.52. The molecule has 0 saturated carbocycles. The van der Waals surface area contributed by atoms with Gasteiger partial charge in [-0.25, -0.2) is 0 Å². The van der Waals surface area contributed by atoms with E-state index in [1.807, 2.05) is 109 Å². The Morgan fingerprint density at radius 2 is 1.15 bits per heavy atom. The largest absolute Gasteiger partial charge is 0.350 e. The van der Waals surface area contributed by atoms with Crippen molar-refractivity contribution in [2.45, 2.75) is 18.6 Å². The van der Waals surface area contributed by atoms with E-state index in [1.165, 1.54) is 0 Å². The minimum Gasteiger partial charge on any atom is -0.350 e. The van der Waals surface area contributed by atoms with Crippen molar-refractivity contribution in [1.82, 2.24) is 10.6 Å². The van der Waals surface area contributed by atoms with Gasteiger partial charge in [-0.05, 0) is 22.3 Å². The van der Waals surface area contributed by atoms with Crippen molar-refractivity contribution in [3.05, 3.63) is 150 Å². The van der Waals surface area contributed by atoms with Crippen molar-refractivity contribution in [3.63, 3.8) is 0 Å². The van der Waals surface area contributed by atoms with Crippen LogP contribution in [-0.4, -0.2) is 11.9 Å². The lowest BCUT2D eigenvalue weighted by molar-refractivity contribution is -0.122. The van der Waals surface area contributed by atoms with Gasteiger partial charge in [0.25, 0.3) is 0 Å². The molecule has 0 heterocycles. The van der Waals surface area contributed by atoms with Gasteiger partial charge in [-0.15, -0.1) is 0 Å². The van der Waals surface area contributed by atoms with Gasteiger partial charge in [-0.2, -0.15) is 0 Å². The van der Waals surface area contributed by atoms with Gasteiger partial charge in [0.05, 0.1) is 6.04 Å². The Morgan fingerprint density at radius 3 is 1.70 bits per heavy atom. The SMILES string of the molecule is O=C(NCc1ccccc1)C(/C=C/c1ccccc1)NC(c1ccccc1)c1ccccc1. The first-order valence-corrected chi connectivity index (χ1v) is 11.2. The van der Waals surface area contributed by atoms with Crippen LogP contribution in [0.2, 0.25) is 0 Å². The summed E-state index contributed by atoms with van der Waals surface area (Å²) in [4.78, 5) is 13.3. The van der Waals surface area contributed by atoms with Crippen LogP contribution in [0.25, 0.3) is 6.08 Å². The molecule has 4 aromatic carbocycles. The maximum absolute atomic E-state index is 13.3. The fraction of sp³-hybridized carbons (Fsp3) is 0.100. The summed E-state index contributed by atoms with van der Waals surface area (Å²) in [6, 6.07) is 39.8. The van der Waals surface area contributed by atoms with E-state index < -0.39 is 6.04 Å². The molecule has 0 fully saturated rings. The Balaban J connectivity index is 1.60. The lowest BCUT2D eigenvalue weighted by Crippen LogP contribution is -2.44. The van der Waals surface area contributed by atoms with Gasteiger partial charge in [-0.3, -0.25) is 10.1 Å². The van der Waals surface area contributed by atoms with E-state index in [2.05, 4.69) is 34.9 Å². The van der Waals surface area contributed by atoms with E-state index >= 15 is 0 Å². The van der Waals surface area contributed by atoms with Crippen LogP contribution in [0.3, 0.4) is 0 Å². The van der Waals surface area contributed by atoms with Gasteiger partial charge < -0.3 is 5.32 Å². The van der Waals surface area contributed by atoms with Crippen LogP contribution in [0.5, 0.6) is 0 Å². The predicted octanol–water partition coefficient (Wildman–Crippen LogP) is 5.76. The van der Waals surface area contributed by atoms with Gasteiger partial charge >= 0.3 is 0 Å². The quantitative estimate of drug-likeness (QED) is 0.353. The highest BCUT2D eigenvalue weighted by Crippen LogP contribution is 2.23. The molecule has 0 saturated heterocycles. The van der Waals surface area contributed by atoms with Crippen LogP contribution in [0, 0.1) is 0 Å². The summed E-state index contributed by atoms with van der Waals surface area (Å²) in [5.74, 6) is -0.0668. The van der Waals surface area contributed by atoms with Crippen molar-refractivity contribution in [2.75, 3.05) is 0 Å². The fourth-order valence-corrected chi connectivity index (χ4v) is 3.74. The molecule has 3 heteroatoms. The summed E-state index contributed by atoms with van der Waals surface area (Å²) < 4.78 is 0. The van der Waals surface area contributed by atoms with Crippen LogP contribution < -0.4 is 10.6 Å².